The van der Waals surface area contributed by atoms with E-state index in [1.165, 1.54) is 18.2 Å². The van der Waals surface area contributed by atoms with Crippen LogP contribution in [0.2, 0.25) is 5.02 Å². The van der Waals surface area contributed by atoms with Gasteiger partial charge in [0, 0.05) is 29.7 Å². The summed E-state index contributed by atoms with van der Waals surface area (Å²) in [7, 11) is 0. The highest BCUT2D eigenvalue weighted by atomic mass is 35.5. The first-order valence-corrected chi connectivity index (χ1v) is 8.37. The molecule has 2 aromatic carbocycles. The number of nitrogens with zero attached hydrogens (tertiary/aromatic N) is 2. The molecule has 2 aromatic rings. The average Bonchev–Trinajstić information content (AvgIpc) is 2.88. The van der Waals surface area contributed by atoms with Gasteiger partial charge in [0.2, 0.25) is 5.91 Å². The van der Waals surface area contributed by atoms with E-state index in [4.69, 9.17) is 11.6 Å². The van der Waals surface area contributed by atoms with Crippen molar-refractivity contribution in [1.29, 1.82) is 0 Å². The predicted molar refractivity (Wildman–Crippen MR) is 97.9 cm³/mol. The number of carbonyl (C=O) groups is 3. The highest BCUT2D eigenvalue weighted by Gasteiger charge is 2.40. The fraction of sp³-hybridized carbons (Fsp3) is 0.167. The Labute approximate surface area is 158 Å². The van der Waals surface area contributed by atoms with Crippen molar-refractivity contribution in [3.8, 4) is 0 Å². The molecule has 0 saturated carbocycles. The van der Waals surface area contributed by atoms with Crippen LogP contribution in [0.4, 0.5) is 11.4 Å². The van der Waals surface area contributed by atoms with Crippen LogP contribution in [0, 0.1) is 17.0 Å². The summed E-state index contributed by atoms with van der Waals surface area (Å²) in [4.78, 5) is 48.3. The van der Waals surface area contributed by atoms with Gasteiger partial charge in [-0.1, -0.05) is 23.7 Å². The van der Waals surface area contributed by atoms with Crippen LogP contribution in [0.3, 0.4) is 0 Å². The number of nitro benzene ring substituents is 1. The van der Waals surface area contributed by atoms with Gasteiger partial charge < -0.3 is 5.32 Å². The lowest BCUT2D eigenvalue weighted by atomic mass is 10.1. The summed E-state index contributed by atoms with van der Waals surface area (Å²) < 4.78 is 0. The molecule has 1 aliphatic heterocycles. The summed E-state index contributed by atoms with van der Waals surface area (Å²) in [5, 5.41) is 14.3. The number of nitro groups is 1. The normalized spacial score (nSPS) is 12.9. The van der Waals surface area contributed by atoms with E-state index in [0.29, 0.717) is 16.3 Å². The summed E-state index contributed by atoms with van der Waals surface area (Å²) in [6.07, 6.45) is -0.148. The molecule has 1 N–H and O–H groups in total. The molecule has 0 atom stereocenters. The summed E-state index contributed by atoms with van der Waals surface area (Å²) in [5.74, 6) is -1.83. The van der Waals surface area contributed by atoms with Gasteiger partial charge in [0.15, 0.2) is 0 Å². The molecule has 3 rings (SSSR count). The third-order valence-electron chi connectivity index (χ3n) is 4.28. The van der Waals surface area contributed by atoms with Crippen LogP contribution in [-0.4, -0.2) is 34.1 Å². The zero-order chi connectivity index (χ0) is 19.7. The first-order valence-electron chi connectivity index (χ1n) is 8.00. The van der Waals surface area contributed by atoms with Crippen molar-refractivity contribution in [2.75, 3.05) is 11.9 Å². The minimum Gasteiger partial charge on any atom is -0.326 e. The van der Waals surface area contributed by atoms with Crippen LogP contribution in [0.5, 0.6) is 0 Å². The van der Waals surface area contributed by atoms with Crippen molar-refractivity contribution in [2.45, 2.75) is 13.3 Å². The van der Waals surface area contributed by atoms with Crippen molar-refractivity contribution in [3.63, 3.8) is 0 Å². The van der Waals surface area contributed by atoms with Crippen LogP contribution >= 0.6 is 11.6 Å². The van der Waals surface area contributed by atoms with Gasteiger partial charge in [-0.3, -0.25) is 29.4 Å². The third kappa shape index (κ3) is 3.39. The highest BCUT2D eigenvalue weighted by molar-refractivity contribution is 6.31. The molecule has 138 valence electrons. The van der Waals surface area contributed by atoms with Gasteiger partial charge in [-0.2, -0.15) is 0 Å². The molecule has 1 aliphatic rings. The lowest BCUT2D eigenvalue weighted by Gasteiger charge is -2.14. The molecule has 9 heteroatoms. The largest absolute Gasteiger partial charge is 0.326 e. The maximum absolute atomic E-state index is 12.5. The van der Waals surface area contributed by atoms with Gasteiger partial charge in [-0.15, -0.1) is 0 Å². The maximum Gasteiger partial charge on any atom is 0.282 e. The van der Waals surface area contributed by atoms with Gasteiger partial charge in [-0.05, 0) is 30.7 Å². The molecule has 3 amide bonds. The number of rotatable bonds is 5. The van der Waals surface area contributed by atoms with E-state index in [9.17, 15) is 24.5 Å². The Morgan fingerprint density at radius 3 is 2.59 bits per heavy atom. The maximum atomic E-state index is 12.5. The molecule has 27 heavy (non-hydrogen) atoms. The number of hydrogen-bond acceptors (Lipinski definition) is 5. The molecule has 1 heterocycles. The molecule has 0 spiro atoms. The van der Waals surface area contributed by atoms with Gasteiger partial charge >= 0.3 is 0 Å². The lowest BCUT2D eigenvalue weighted by Crippen LogP contribution is -2.33. The molecule has 0 bridgehead atoms. The fourth-order valence-corrected chi connectivity index (χ4v) is 3.01. The zero-order valence-electron chi connectivity index (χ0n) is 14.2. The Morgan fingerprint density at radius 1 is 1.19 bits per heavy atom. The second kappa shape index (κ2) is 7.16. The van der Waals surface area contributed by atoms with Crippen LogP contribution in [-0.2, 0) is 4.79 Å². The molecule has 0 aromatic heterocycles. The van der Waals surface area contributed by atoms with Crippen molar-refractivity contribution >= 4 is 40.7 Å². The minimum absolute atomic E-state index is 0.0275. The number of hydrogen-bond donors (Lipinski definition) is 1. The van der Waals surface area contributed by atoms with E-state index >= 15 is 0 Å². The molecule has 0 unspecified atom stereocenters. The number of carbonyl (C=O) groups excluding carboxylic acids is 3. The average molecular weight is 388 g/mol. The van der Waals surface area contributed by atoms with E-state index in [0.717, 1.165) is 4.90 Å². The summed E-state index contributed by atoms with van der Waals surface area (Å²) in [6, 6.07) is 8.94. The van der Waals surface area contributed by atoms with Gasteiger partial charge in [0.05, 0.1) is 10.5 Å². The van der Waals surface area contributed by atoms with E-state index in [-0.39, 0.29) is 24.1 Å². The first-order chi connectivity index (χ1) is 12.8. The smallest absolute Gasteiger partial charge is 0.282 e. The summed E-state index contributed by atoms with van der Waals surface area (Å²) >= 11 is 6.00. The van der Waals surface area contributed by atoms with Crippen molar-refractivity contribution in [3.05, 3.63) is 68.2 Å². The Morgan fingerprint density at radius 2 is 1.89 bits per heavy atom. The SMILES string of the molecule is Cc1c(Cl)cccc1NC(=O)CCN1C(=O)c2cccc([N+](=O)[O-])c2C1=O. The molecule has 0 radical (unpaired) electrons. The minimum atomic E-state index is -0.769. The Bertz CT molecular complexity index is 989. The molecule has 8 nitrogen and oxygen atoms in total. The third-order valence-corrected chi connectivity index (χ3v) is 4.69. The molecule has 0 aliphatic carbocycles. The lowest BCUT2D eigenvalue weighted by molar-refractivity contribution is -0.385. The Hall–Kier alpha value is -3.26. The number of benzene rings is 2. The van der Waals surface area contributed by atoms with Crippen LogP contribution in [0.25, 0.3) is 0 Å². The quantitative estimate of drug-likeness (QED) is 0.481. The number of halogens is 1. The molecule has 0 fully saturated rings. The number of imide groups is 1. The number of amides is 3. The van der Waals surface area contributed by atoms with Gasteiger partial charge in [0.25, 0.3) is 17.5 Å². The Balaban J connectivity index is 1.72. The van der Waals surface area contributed by atoms with E-state index in [1.807, 2.05) is 0 Å². The van der Waals surface area contributed by atoms with Crippen molar-refractivity contribution in [1.82, 2.24) is 4.90 Å². The second-order valence-electron chi connectivity index (χ2n) is 5.93. The number of anilines is 1. The van der Waals surface area contributed by atoms with Crippen LogP contribution in [0.15, 0.2) is 36.4 Å². The molecular weight excluding hydrogens is 374 g/mol. The van der Waals surface area contributed by atoms with Crippen LogP contribution < -0.4 is 5.32 Å². The van der Waals surface area contributed by atoms with E-state index in [1.54, 1.807) is 25.1 Å². The summed E-state index contributed by atoms with van der Waals surface area (Å²) in [6.45, 7) is 1.57. The topological polar surface area (TPSA) is 110 Å². The van der Waals surface area contributed by atoms with Crippen molar-refractivity contribution in [2.24, 2.45) is 0 Å². The zero-order valence-corrected chi connectivity index (χ0v) is 14.9. The van der Waals surface area contributed by atoms with Gasteiger partial charge in [0.1, 0.15) is 5.56 Å². The highest BCUT2D eigenvalue weighted by Crippen LogP contribution is 2.30. The van der Waals surface area contributed by atoms with Gasteiger partial charge in [-0.25, -0.2) is 0 Å². The second-order valence-corrected chi connectivity index (χ2v) is 6.34. The monoisotopic (exact) mass is 387 g/mol. The Kier molecular flexibility index (Phi) is 4.91. The molecular formula is C18H14ClN3O5. The molecule has 0 saturated heterocycles. The standard InChI is InChI=1S/C18H14ClN3O5/c1-10-12(19)5-3-6-13(10)20-15(23)8-9-21-17(24)11-4-2-7-14(22(26)27)16(11)18(21)25/h2-7H,8-9H2,1H3,(H,20,23). The number of nitrogens with one attached hydrogen (secondary N) is 1. The van der Waals surface area contributed by atoms with E-state index < -0.39 is 28.3 Å². The number of fused-ring (bicyclic) bond motifs is 1. The first kappa shape index (κ1) is 18.5. The fourth-order valence-electron chi connectivity index (χ4n) is 2.84. The van der Waals surface area contributed by atoms with Crippen molar-refractivity contribution < 1.29 is 19.3 Å². The summed E-state index contributed by atoms with van der Waals surface area (Å²) in [5.41, 5.74) is 0.542. The van der Waals surface area contributed by atoms with E-state index in [2.05, 4.69) is 5.32 Å². The van der Waals surface area contributed by atoms with Crippen LogP contribution in [0.1, 0.15) is 32.7 Å². The predicted octanol–water partition coefficient (Wildman–Crippen LogP) is 3.18.